The van der Waals surface area contributed by atoms with Crippen molar-refractivity contribution in [3.63, 3.8) is 0 Å². The lowest BCUT2D eigenvalue weighted by Crippen LogP contribution is -2.25. The second-order valence-corrected chi connectivity index (χ2v) is 5.34. The molecule has 2 aromatic carbocycles. The van der Waals surface area contributed by atoms with Crippen LogP contribution < -0.4 is 15.5 Å². The molecule has 0 aliphatic heterocycles. The van der Waals surface area contributed by atoms with E-state index in [0.29, 0.717) is 10.8 Å². The van der Waals surface area contributed by atoms with Gasteiger partial charge in [0.1, 0.15) is 5.75 Å². The number of carboxylic acids is 1. The van der Waals surface area contributed by atoms with Gasteiger partial charge in [0.2, 0.25) is 0 Å². The molecule has 130 valence electrons. The summed E-state index contributed by atoms with van der Waals surface area (Å²) in [6.07, 6.45) is 1.47. The molecule has 7 nitrogen and oxygen atoms in total. The van der Waals surface area contributed by atoms with E-state index in [9.17, 15) is 9.59 Å². The molecule has 1 amide bonds. The van der Waals surface area contributed by atoms with E-state index in [1.54, 1.807) is 48.5 Å². The van der Waals surface area contributed by atoms with Crippen molar-refractivity contribution in [2.24, 2.45) is 5.10 Å². The highest BCUT2D eigenvalue weighted by Crippen LogP contribution is 2.13. The monoisotopic (exact) mass is 361 g/mol. The fourth-order valence-electron chi connectivity index (χ4n) is 1.76. The Labute approximate surface area is 149 Å². The van der Waals surface area contributed by atoms with Crippen molar-refractivity contribution >= 4 is 35.4 Å². The van der Waals surface area contributed by atoms with Gasteiger partial charge in [-0.1, -0.05) is 11.6 Å². The van der Waals surface area contributed by atoms with Crippen LogP contribution in [0.1, 0.15) is 5.56 Å². The number of aliphatic carboxylic acids is 1. The van der Waals surface area contributed by atoms with Crippen LogP contribution >= 0.6 is 11.6 Å². The lowest BCUT2D eigenvalue weighted by atomic mass is 10.2. The number of nitrogens with one attached hydrogen (secondary N) is 2. The number of ether oxygens (including phenoxy) is 1. The molecule has 0 bridgehead atoms. The Morgan fingerprint density at radius 3 is 2.44 bits per heavy atom. The van der Waals surface area contributed by atoms with E-state index in [4.69, 9.17) is 21.4 Å². The van der Waals surface area contributed by atoms with Crippen LogP contribution in [0.5, 0.6) is 5.75 Å². The van der Waals surface area contributed by atoms with Gasteiger partial charge in [0.25, 0.3) is 5.91 Å². The molecule has 0 heterocycles. The number of hydrazone groups is 1. The van der Waals surface area contributed by atoms with Gasteiger partial charge < -0.3 is 15.2 Å². The second-order valence-electron chi connectivity index (χ2n) is 4.91. The van der Waals surface area contributed by atoms with E-state index in [2.05, 4.69) is 15.8 Å². The molecule has 2 rings (SSSR count). The topological polar surface area (TPSA) is 100 Å². The Morgan fingerprint density at radius 2 is 1.80 bits per heavy atom. The van der Waals surface area contributed by atoms with Crippen LogP contribution in [0.4, 0.5) is 5.69 Å². The number of hydrogen-bond donors (Lipinski definition) is 3. The van der Waals surface area contributed by atoms with Crippen LogP contribution in [0, 0.1) is 0 Å². The van der Waals surface area contributed by atoms with Crippen LogP contribution in [0.3, 0.4) is 0 Å². The molecule has 0 saturated heterocycles. The second kappa shape index (κ2) is 9.29. The number of benzene rings is 2. The SMILES string of the molecule is O=C(O)COc1ccc(/C=N\NC(=O)CNc2ccc(Cl)cc2)cc1. The summed E-state index contributed by atoms with van der Waals surface area (Å²) in [5, 5.41) is 15.9. The molecule has 2 aromatic rings. The highest BCUT2D eigenvalue weighted by molar-refractivity contribution is 6.30. The largest absolute Gasteiger partial charge is 0.482 e. The summed E-state index contributed by atoms with van der Waals surface area (Å²) in [5.74, 6) is -0.899. The van der Waals surface area contributed by atoms with E-state index >= 15 is 0 Å². The van der Waals surface area contributed by atoms with Crippen molar-refractivity contribution in [1.82, 2.24) is 5.43 Å². The molecule has 0 spiro atoms. The number of hydrogen-bond acceptors (Lipinski definition) is 5. The third kappa shape index (κ3) is 6.92. The number of anilines is 1. The van der Waals surface area contributed by atoms with Gasteiger partial charge in [0, 0.05) is 10.7 Å². The molecule has 3 N–H and O–H groups in total. The van der Waals surface area contributed by atoms with E-state index in [0.717, 1.165) is 11.3 Å². The summed E-state index contributed by atoms with van der Waals surface area (Å²) in [5.41, 5.74) is 3.91. The summed E-state index contributed by atoms with van der Waals surface area (Å²) in [6, 6.07) is 13.6. The number of amides is 1. The van der Waals surface area contributed by atoms with E-state index in [1.807, 2.05) is 0 Å². The van der Waals surface area contributed by atoms with Gasteiger partial charge in [0.15, 0.2) is 6.61 Å². The van der Waals surface area contributed by atoms with Crippen molar-refractivity contribution < 1.29 is 19.4 Å². The fraction of sp³-hybridized carbons (Fsp3) is 0.118. The first-order valence-electron chi connectivity index (χ1n) is 7.29. The molecule has 0 aromatic heterocycles. The van der Waals surface area contributed by atoms with Gasteiger partial charge >= 0.3 is 5.97 Å². The van der Waals surface area contributed by atoms with Gasteiger partial charge in [-0.05, 0) is 54.1 Å². The maximum Gasteiger partial charge on any atom is 0.341 e. The van der Waals surface area contributed by atoms with E-state index < -0.39 is 12.6 Å². The first kappa shape index (κ1) is 18.3. The molecular weight excluding hydrogens is 346 g/mol. The molecule has 0 aliphatic carbocycles. The third-order valence-corrected chi connectivity index (χ3v) is 3.19. The van der Waals surface area contributed by atoms with Crippen molar-refractivity contribution in [2.45, 2.75) is 0 Å². The minimum absolute atomic E-state index is 0.0704. The minimum Gasteiger partial charge on any atom is -0.482 e. The molecule has 0 atom stereocenters. The summed E-state index contributed by atoms with van der Waals surface area (Å²) in [4.78, 5) is 22.1. The van der Waals surface area contributed by atoms with Crippen LogP contribution in [-0.2, 0) is 9.59 Å². The average molecular weight is 362 g/mol. The Bertz CT molecular complexity index is 745. The lowest BCUT2D eigenvalue weighted by molar-refractivity contribution is -0.139. The van der Waals surface area contributed by atoms with Crippen molar-refractivity contribution in [3.05, 3.63) is 59.1 Å². The smallest absolute Gasteiger partial charge is 0.341 e. The van der Waals surface area contributed by atoms with Crippen LogP contribution in [0.25, 0.3) is 0 Å². The van der Waals surface area contributed by atoms with Gasteiger partial charge in [-0.2, -0.15) is 5.10 Å². The number of carboxylic acid groups (broad SMARTS) is 1. The molecule has 0 aliphatic rings. The van der Waals surface area contributed by atoms with Crippen molar-refractivity contribution in [1.29, 1.82) is 0 Å². The van der Waals surface area contributed by atoms with Crippen LogP contribution in [-0.4, -0.2) is 36.3 Å². The quantitative estimate of drug-likeness (QED) is 0.495. The molecule has 0 saturated carbocycles. The predicted octanol–water partition coefficient (Wildman–Crippen LogP) is 2.37. The number of halogens is 1. The van der Waals surface area contributed by atoms with Crippen molar-refractivity contribution in [3.8, 4) is 5.75 Å². The van der Waals surface area contributed by atoms with Gasteiger partial charge in [-0.3, -0.25) is 4.79 Å². The highest BCUT2D eigenvalue weighted by Gasteiger charge is 2.00. The zero-order valence-corrected chi connectivity index (χ0v) is 13.9. The highest BCUT2D eigenvalue weighted by atomic mass is 35.5. The molecule has 0 fully saturated rings. The Kier molecular flexibility index (Phi) is 6.79. The zero-order valence-electron chi connectivity index (χ0n) is 13.1. The van der Waals surface area contributed by atoms with E-state index in [-0.39, 0.29) is 12.5 Å². The molecule has 8 heteroatoms. The maximum atomic E-state index is 11.7. The number of carbonyl (C=O) groups is 2. The predicted molar refractivity (Wildman–Crippen MR) is 95.3 cm³/mol. The number of rotatable bonds is 8. The Hall–Kier alpha value is -3.06. The van der Waals surface area contributed by atoms with Crippen LogP contribution in [0.15, 0.2) is 53.6 Å². The normalized spacial score (nSPS) is 10.4. The van der Waals surface area contributed by atoms with E-state index in [1.165, 1.54) is 6.21 Å². The first-order valence-corrected chi connectivity index (χ1v) is 7.67. The van der Waals surface area contributed by atoms with Crippen molar-refractivity contribution in [2.75, 3.05) is 18.5 Å². The maximum absolute atomic E-state index is 11.7. The van der Waals surface area contributed by atoms with Gasteiger partial charge in [-0.25, -0.2) is 10.2 Å². The lowest BCUT2D eigenvalue weighted by Gasteiger charge is -2.05. The first-order chi connectivity index (χ1) is 12.0. The third-order valence-electron chi connectivity index (χ3n) is 2.94. The Morgan fingerprint density at radius 1 is 1.12 bits per heavy atom. The van der Waals surface area contributed by atoms with Gasteiger partial charge in [0.05, 0.1) is 12.8 Å². The Balaban J connectivity index is 1.74. The molecule has 25 heavy (non-hydrogen) atoms. The number of carbonyl (C=O) groups excluding carboxylic acids is 1. The molecule has 0 radical (unpaired) electrons. The number of nitrogens with zero attached hydrogens (tertiary/aromatic N) is 1. The average Bonchev–Trinajstić information content (AvgIpc) is 2.60. The summed E-state index contributed by atoms with van der Waals surface area (Å²) in [6.45, 7) is -0.328. The minimum atomic E-state index is -1.04. The van der Waals surface area contributed by atoms with Gasteiger partial charge in [-0.15, -0.1) is 0 Å². The van der Waals surface area contributed by atoms with Crippen LogP contribution in [0.2, 0.25) is 5.02 Å². The summed E-state index contributed by atoms with van der Waals surface area (Å²) in [7, 11) is 0. The fourth-order valence-corrected chi connectivity index (χ4v) is 1.89. The summed E-state index contributed by atoms with van der Waals surface area (Å²) >= 11 is 5.78. The standard InChI is InChI=1S/C17H16ClN3O4/c18-13-3-5-14(6-4-13)19-10-16(22)21-20-9-12-1-7-15(8-2-12)25-11-17(23)24/h1-9,19H,10-11H2,(H,21,22)(H,23,24)/b20-9-. The zero-order chi connectivity index (χ0) is 18.1. The summed E-state index contributed by atoms with van der Waals surface area (Å²) < 4.78 is 5.02. The molecular formula is C17H16ClN3O4. The molecule has 0 unspecified atom stereocenters.